The van der Waals surface area contributed by atoms with Gasteiger partial charge in [-0.1, -0.05) is 29.9 Å². The number of carbonyl (C=O) groups is 1. The number of carbonyl (C=O) groups excluding carboxylic acids is 1. The number of benzene rings is 2. The van der Waals surface area contributed by atoms with Crippen LogP contribution in [0.2, 0.25) is 0 Å². The molecule has 0 unspecified atom stereocenters. The summed E-state index contributed by atoms with van der Waals surface area (Å²) in [5.41, 5.74) is 2.35. The van der Waals surface area contributed by atoms with E-state index in [0.717, 1.165) is 18.4 Å². The first-order valence-electron chi connectivity index (χ1n) is 9.66. The number of allylic oxidation sites excluding steroid dienone is 3. The van der Waals surface area contributed by atoms with Crippen LogP contribution in [0.3, 0.4) is 0 Å². The van der Waals surface area contributed by atoms with Crippen molar-refractivity contribution in [3.8, 4) is 17.2 Å². The van der Waals surface area contributed by atoms with Crippen molar-refractivity contribution in [3.63, 3.8) is 0 Å². The Hall–Kier alpha value is -3.27. The average Bonchev–Trinajstić information content (AvgIpc) is 2.67. The maximum absolute atomic E-state index is 12.6. The number of phenols is 2. The molecule has 4 nitrogen and oxygen atoms in total. The molecule has 0 aliphatic carbocycles. The fraction of sp³-hybridized carbons (Fsp3) is 0.240. The molecule has 4 heteroatoms. The highest BCUT2D eigenvalue weighted by molar-refractivity contribution is 6.09. The molecule has 0 fully saturated rings. The zero-order valence-electron chi connectivity index (χ0n) is 17.0. The third-order valence-corrected chi connectivity index (χ3v) is 4.90. The first kappa shape index (κ1) is 20.5. The summed E-state index contributed by atoms with van der Waals surface area (Å²) in [5, 5.41) is 20.0. The first-order valence-corrected chi connectivity index (χ1v) is 9.66. The number of aromatic hydroxyl groups is 2. The molecule has 0 saturated carbocycles. The highest BCUT2D eigenvalue weighted by Crippen LogP contribution is 2.40. The van der Waals surface area contributed by atoms with Crippen LogP contribution in [-0.2, 0) is 0 Å². The lowest BCUT2D eigenvalue weighted by Crippen LogP contribution is -2.31. The van der Waals surface area contributed by atoms with E-state index in [1.165, 1.54) is 11.6 Å². The summed E-state index contributed by atoms with van der Waals surface area (Å²) in [6.45, 7) is 6.16. The molecule has 1 aliphatic heterocycles. The van der Waals surface area contributed by atoms with Gasteiger partial charge < -0.3 is 14.9 Å². The van der Waals surface area contributed by atoms with Gasteiger partial charge in [0.25, 0.3) is 0 Å². The van der Waals surface area contributed by atoms with E-state index in [1.807, 2.05) is 19.1 Å². The number of ether oxygens (including phenoxy) is 1. The van der Waals surface area contributed by atoms with E-state index in [0.29, 0.717) is 11.3 Å². The predicted molar refractivity (Wildman–Crippen MR) is 116 cm³/mol. The molecule has 0 spiro atoms. The zero-order chi connectivity index (χ0) is 21.0. The van der Waals surface area contributed by atoms with Gasteiger partial charge in [0.15, 0.2) is 5.78 Å². The molecule has 3 rings (SSSR count). The van der Waals surface area contributed by atoms with Gasteiger partial charge in [0, 0.05) is 0 Å². The van der Waals surface area contributed by atoms with E-state index in [4.69, 9.17) is 4.74 Å². The van der Waals surface area contributed by atoms with Crippen LogP contribution in [0.25, 0.3) is 12.2 Å². The van der Waals surface area contributed by atoms with Gasteiger partial charge in [-0.3, -0.25) is 4.79 Å². The summed E-state index contributed by atoms with van der Waals surface area (Å²) >= 11 is 0. The largest absolute Gasteiger partial charge is 0.508 e. The van der Waals surface area contributed by atoms with Crippen molar-refractivity contribution in [1.82, 2.24) is 0 Å². The van der Waals surface area contributed by atoms with Crippen molar-refractivity contribution < 1.29 is 19.7 Å². The maximum Gasteiger partial charge on any atom is 0.189 e. The van der Waals surface area contributed by atoms with Crippen molar-refractivity contribution in [2.75, 3.05) is 0 Å². The molecular formula is C25H26O4. The van der Waals surface area contributed by atoms with Gasteiger partial charge in [0.05, 0.1) is 11.1 Å². The van der Waals surface area contributed by atoms with Crippen LogP contribution in [0.5, 0.6) is 17.2 Å². The molecule has 0 bridgehead atoms. The number of hydrogen-bond donors (Lipinski definition) is 2. The molecular weight excluding hydrogens is 364 g/mol. The lowest BCUT2D eigenvalue weighted by Gasteiger charge is -2.32. The van der Waals surface area contributed by atoms with E-state index in [9.17, 15) is 15.0 Å². The third-order valence-electron chi connectivity index (χ3n) is 4.90. The quantitative estimate of drug-likeness (QED) is 0.366. The molecule has 2 aromatic rings. The SMILES string of the molecule is CC(C)=CCC[C@@]1(C)C=Cc2c(ccc(C(=O)/C=C/c3ccc(O)cc3)c2O)O1. The Morgan fingerprint density at radius 2 is 1.83 bits per heavy atom. The van der Waals surface area contributed by atoms with Crippen molar-refractivity contribution in [2.24, 2.45) is 0 Å². The van der Waals surface area contributed by atoms with E-state index < -0.39 is 5.60 Å². The minimum absolute atomic E-state index is 0.0783. The smallest absolute Gasteiger partial charge is 0.189 e. The molecule has 150 valence electrons. The minimum Gasteiger partial charge on any atom is -0.508 e. The number of phenolic OH excluding ortho intramolecular Hbond substituents is 2. The van der Waals surface area contributed by atoms with Crippen molar-refractivity contribution in [3.05, 3.63) is 76.9 Å². The summed E-state index contributed by atoms with van der Waals surface area (Å²) in [5.74, 6) is 0.360. The van der Waals surface area contributed by atoms with Crippen LogP contribution in [0.15, 0.2) is 60.2 Å². The first-order chi connectivity index (χ1) is 13.8. The summed E-state index contributed by atoms with van der Waals surface area (Å²) < 4.78 is 6.13. The van der Waals surface area contributed by atoms with Gasteiger partial charge in [-0.2, -0.15) is 0 Å². The molecule has 1 heterocycles. The zero-order valence-corrected chi connectivity index (χ0v) is 17.0. The van der Waals surface area contributed by atoms with E-state index >= 15 is 0 Å². The van der Waals surface area contributed by atoms with Gasteiger partial charge in [-0.25, -0.2) is 0 Å². The van der Waals surface area contributed by atoms with E-state index in [-0.39, 0.29) is 22.8 Å². The summed E-state index contributed by atoms with van der Waals surface area (Å²) in [6, 6.07) is 9.85. The van der Waals surface area contributed by atoms with Crippen LogP contribution in [0.4, 0.5) is 0 Å². The standard InChI is InChI=1S/C25H26O4/c1-17(2)5-4-15-25(3)16-14-21-23(29-25)13-11-20(24(21)28)22(27)12-8-18-6-9-19(26)10-7-18/h5-14,16,26,28H,4,15H2,1-3H3/b12-8+/t25-/m0/s1. The molecule has 0 amide bonds. The minimum atomic E-state index is -0.449. The Balaban J connectivity index is 1.78. The monoisotopic (exact) mass is 390 g/mol. The Morgan fingerprint density at radius 3 is 2.52 bits per heavy atom. The molecule has 1 atom stereocenters. The predicted octanol–water partition coefficient (Wildman–Crippen LogP) is 5.90. The number of hydrogen-bond acceptors (Lipinski definition) is 4. The summed E-state index contributed by atoms with van der Waals surface area (Å²) in [4.78, 5) is 12.6. The number of rotatable bonds is 6. The van der Waals surface area contributed by atoms with E-state index in [1.54, 1.807) is 42.5 Å². The van der Waals surface area contributed by atoms with Crippen molar-refractivity contribution >= 4 is 17.9 Å². The summed E-state index contributed by atoms with van der Waals surface area (Å²) in [7, 11) is 0. The summed E-state index contributed by atoms with van der Waals surface area (Å²) in [6.07, 6.45) is 10.7. The lowest BCUT2D eigenvalue weighted by molar-refractivity contribution is 0.104. The second-order valence-corrected chi connectivity index (χ2v) is 7.73. The molecule has 2 N–H and O–H groups in total. The van der Waals surface area contributed by atoms with Gasteiger partial charge in [0.2, 0.25) is 0 Å². The van der Waals surface area contributed by atoms with Crippen LogP contribution in [0, 0.1) is 0 Å². The molecule has 1 aliphatic rings. The van der Waals surface area contributed by atoms with Crippen LogP contribution >= 0.6 is 0 Å². The Morgan fingerprint density at radius 1 is 1.10 bits per heavy atom. The molecule has 2 aromatic carbocycles. The second kappa shape index (κ2) is 8.39. The molecule has 29 heavy (non-hydrogen) atoms. The van der Waals surface area contributed by atoms with Crippen molar-refractivity contribution in [1.29, 1.82) is 0 Å². The Kier molecular flexibility index (Phi) is 5.92. The third kappa shape index (κ3) is 4.96. The second-order valence-electron chi connectivity index (χ2n) is 7.73. The lowest BCUT2D eigenvalue weighted by atomic mass is 9.93. The number of ketones is 1. The Labute approximate surface area is 171 Å². The van der Waals surface area contributed by atoms with Crippen LogP contribution in [-0.4, -0.2) is 21.6 Å². The van der Waals surface area contributed by atoms with Gasteiger partial charge in [-0.15, -0.1) is 0 Å². The van der Waals surface area contributed by atoms with E-state index in [2.05, 4.69) is 19.9 Å². The fourth-order valence-corrected chi connectivity index (χ4v) is 3.21. The van der Waals surface area contributed by atoms with Crippen LogP contribution < -0.4 is 4.74 Å². The molecule has 0 radical (unpaired) electrons. The molecule has 0 aromatic heterocycles. The maximum atomic E-state index is 12.6. The number of fused-ring (bicyclic) bond motifs is 1. The van der Waals surface area contributed by atoms with Crippen LogP contribution in [0.1, 0.15) is 55.1 Å². The highest BCUT2D eigenvalue weighted by Gasteiger charge is 2.29. The average molecular weight is 390 g/mol. The van der Waals surface area contributed by atoms with Gasteiger partial charge in [0.1, 0.15) is 22.8 Å². The highest BCUT2D eigenvalue weighted by atomic mass is 16.5. The topological polar surface area (TPSA) is 66.8 Å². The van der Waals surface area contributed by atoms with Gasteiger partial charge >= 0.3 is 0 Å². The molecule has 0 saturated heterocycles. The van der Waals surface area contributed by atoms with Crippen molar-refractivity contribution in [2.45, 2.75) is 39.2 Å². The normalized spacial score (nSPS) is 17.6. The van der Waals surface area contributed by atoms with Gasteiger partial charge in [-0.05, 0) is 81.7 Å². The fourth-order valence-electron chi connectivity index (χ4n) is 3.21. The Bertz CT molecular complexity index is 992.